The number of benzene rings is 3. The Morgan fingerprint density at radius 2 is 1.73 bits per heavy atom. The van der Waals surface area contributed by atoms with Crippen molar-refractivity contribution in [1.29, 1.82) is 0 Å². The molecule has 0 radical (unpaired) electrons. The third-order valence-corrected chi connectivity index (χ3v) is 9.20. The van der Waals surface area contributed by atoms with E-state index in [-0.39, 0.29) is 116 Å². The number of morpholine rings is 1. The number of rotatable bonds is 15. The van der Waals surface area contributed by atoms with E-state index < -0.39 is 15.6 Å². The second kappa shape index (κ2) is 20.6. The molecule has 0 spiro atoms. The summed E-state index contributed by atoms with van der Waals surface area (Å²) in [5.41, 5.74) is 0.749. The Bertz CT molecular complexity index is 1830. The van der Waals surface area contributed by atoms with Gasteiger partial charge in [-0.05, 0) is 65.5 Å². The van der Waals surface area contributed by atoms with E-state index in [1.54, 1.807) is 24.3 Å². The number of phenols is 1. The average Bonchev–Trinajstić information content (AvgIpc) is 3.07. The molecule has 2 N–H and O–H groups in total. The van der Waals surface area contributed by atoms with Gasteiger partial charge in [0.05, 0.1) is 53.1 Å². The second-order valence-electron chi connectivity index (χ2n) is 9.22. The van der Waals surface area contributed by atoms with Crippen molar-refractivity contribution < 1.29 is 111 Å². The maximum absolute atomic E-state index is 12.5. The fourth-order valence-corrected chi connectivity index (χ4v) is 6.28. The molecule has 0 saturated carbocycles. The minimum Gasteiger partial charge on any atom is -0.691 e. The first-order chi connectivity index (χ1) is 22.8. The van der Waals surface area contributed by atoms with Crippen molar-refractivity contribution in [2.45, 2.75) is 9.79 Å². The first-order valence-corrected chi connectivity index (χ1v) is 16.6. The van der Waals surface area contributed by atoms with Crippen molar-refractivity contribution in [3.63, 3.8) is 0 Å². The normalized spacial score (nSPS) is 13.3. The summed E-state index contributed by atoms with van der Waals surface area (Å²) in [7, 11) is -3.73. The van der Waals surface area contributed by atoms with Crippen LogP contribution in [0.15, 0.2) is 68.6 Å². The molecule has 24 heteroatoms. The van der Waals surface area contributed by atoms with Crippen LogP contribution in [0.4, 0.5) is 29.0 Å². The number of sulfone groups is 1. The Labute approximate surface area is 336 Å². The Balaban J connectivity index is 0.00000325. The molecule has 18 nitrogen and oxygen atoms in total. The molecule has 3 aromatic carbocycles. The third-order valence-electron chi connectivity index (χ3n) is 6.35. The molecule has 0 amide bonds. The van der Waals surface area contributed by atoms with Gasteiger partial charge in [0.25, 0.3) is 0 Å². The first kappa shape index (κ1) is 42.0. The Morgan fingerprint density at radius 1 is 1.00 bits per heavy atom. The minimum absolute atomic E-state index is 0. The molecule has 1 aliphatic heterocycles. The van der Waals surface area contributed by atoms with Crippen LogP contribution in [0.25, 0.3) is 10.8 Å². The monoisotopic (exact) mass is 773 g/mol. The van der Waals surface area contributed by atoms with Gasteiger partial charge in [-0.2, -0.15) is 24.4 Å². The van der Waals surface area contributed by atoms with Crippen molar-refractivity contribution >= 4 is 85.5 Å². The summed E-state index contributed by atoms with van der Waals surface area (Å²) in [6, 6.07) is 12.0. The van der Waals surface area contributed by atoms with Crippen molar-refractivity contribution in [2.24, 2.45) is 10.2 Å². The van der Waals surface area contributed by atoms with Crippen molar-refractivity contribution in [3.05, 3.63) is 53.8 Å². The largest absolute Gasteiger partial charge is 1.00 e. The zero-order valence-electron chi connectivity index (χ0n) is 25.7. The number of nitrogens with one attached hydrogen (secondary N) is 1. The van der Waals surface area contributed by atoms with Crippen LogP contribution in [0.1, 0.15) is 0 Å². The van der Waals surface area contributed by atoms with E-state index in [2.05, 4.69) is 49.2 Å². The molecule has 4 aromatic rings. The fourth-order valence-electron chi connectivity index (χ4n) is 4.22. The number of halogens is 1. The predicted molar refractivity (Wildman–Crippen MR) is 163 cm³/mol. The number of hydrogen-bond donors (Lipinski definition) is 2. The molecule has 1 aliphatic rings. The quantitative estimate of drug-likeness (QED) is 0.0310. The van der Waals surface area contributed by atoms with Crippen molar-refractivity contribution in [1.82, 2.24) is 15.0 Å². The van der Waals surface area contributed by atoms with E-state index in [0.29, 0.717) is 60.8 Å². The number of aromatic nitrogens is 3. The van der Waals surface area contributed by atoms with E-state index in [9.17, 15) is 24.0 Å². The predicted octanol–water partition coefficient (Wildman–Crippen LogP) is -2.80. The molecule has 0 bridgehead atoms. The van der Waals surface area contributed by atoms with Gasteiger partial charge in [0.1, 0.15) is 5.69 Å². The number of hydrogen-bond acceptors (Lipinski definition) is 20. The Hall–Kier alpha value is -1.45. The number of nitrogens with zero attached hydrogens (tertiary/aromatic N) is 6. The zero-order valence-corrected chi connectivity index (χ0v) is 32.9. The van der Waals surface area contributed by atoms with Gasteiger partial charge in [0.15, 0.2) is 27.9 Å². The molecule has 5 rings (SSSR count). The molecule has 0 atom stereocenters. The number of anilines is 3. The van der Waals surface area contributed by atoms with Crippen molar-refractivity contribution in [3.8, 4) is 5.75 Å². The smallest absolute Gasteiger partial charge is 0.691 e. The molecule has 0 unspecified atom stereocenters. The molecule has 250 valence electrons. The van der Waals surface area contributed by atoms with E-state index in [4.69, 9.17) is 20.5 Å². The van der Waals surface area contributed by atoms with Crippen LogP contribution in [0.2, 0.25) is 5.28 Å². The summed E-state index contributed by atoms with van der Waals surface area (Å²) < 4.78 is 43.5. The van der Waals surface area contributed by atoms with E-state index in [0.717, 1.165) is 0 Å². The molecular weight excluding hydrogens is 752 g/mol. The summed E-state index contributed by atoms with van der Waals surface area (Å²) in [6.45, 7) is 2.01. The zero-order chi connectivity index (χ0) is 33.2. The maximum atomic E-state index is 12.5. The number of ether oxygens (including phenoxy) is 1. The molecular formula is C25H22ClN7Na2O11S3. The summed E-state index contributed by atoms with van der Waals surface area (Å²) in [5.74, 6) is -0.0783. The standard InChI is InChI=1S/C25H24ClN7O11S3.2Na/c26-23-28-24(30-25(29-23)33-7-9-39-10-8-33)27-17-3-6-19-15(13-17)14-20(45-43-41-35)21(22(19)34)32-31-16-1-4-18(5-2-16)47(37,38)12-11-40-46-44-42-36;;/h1-6,13-14,34-36H,7-12H2,(H,27,28,29,30);;/q;2*+1/p-2. The van der Waals surface area contributed by atoms with Gasteiger partial charge in [-0.3, -0.25) is 14.3 Å². The number of phenolic OH excluding ortho intramolecular Hbond substituents is 1. The van der Waals surface area contributed by atoms with Crippen LogP contribution in [0, 0.1) is 0 Å². The third kappa shape index (κ3) is 11.8. The second-order valence-corrected chi connectivity index (χ2v) is 12.9. The van der Waals surface area contributed by atoms with Gasteiger partial charge in [-0.1, -0.05) is 0 Å². The summed E-state index contributed by atoms with van der Waals surface area (Å²) in [5, 5.41) is 50.3. The molecule has 49 heavy (non-hydrogen) atoms. The molecule has 1 aromatic heterocycles. The minimum atomic E-state index is -3.73. The van der Waals surface area contributed by atoms with Crippen LogP contribution in [-0.2, 0) is 37.5 Å². The topological polar surface area (TPSA) is 235 Å². The maximum Gasteiger partial charge on any atom is 1.00 e. The van der Waals surface area contributed by atoms with Gasteiger partial charge < -0.3 is 30.6 Å². The van der Waals surface area contributed by atoms with E-state index in [1.807, 2.05) is 4.90 Å². The first-order valence-electron chi connectivity index (χ1n) is 13.2. The number of fused-ring (bicyclic) bond motifs is 1. The Kier molecular flexibility index (Phi) is 17.6. The van der Waals surface area contributed by atoms with Gasteiger partial charge in [0.2, 0.25) is 17.2 Å². The fraction of sp³-hybridized carbons (Fsp3) is 0.240. The molecule has 0 aliphatic carbocycles. The Morgan fingerprint density at radius 3 is 2.45 bits per heavy atom. The van der Waals surface area contributed by atoms with E-state index in [1.165, 1.54) is 24.3 Å². The van der Waals surface area contributed by atoms with Gasteiger partial charge in [0, 0.05) is 24.2 Å². The number of azo groups is 1. The van der Waals surface area contributed by atoms with Crippen LogP contribution < -0.4 is 79.8 Å². The van der Waals surface area contributed by atoms with Crippen LogP contribution in [-0.4, -0.2) is 67.1 Å². The van der Waals surface area contributed by atoms with Crippen LogP contribution >= 0.6 is 36.0 Å². The van der Waals surface area contributed by atoms with Crippen LogP contribution in [0.5, 0.6) is 5.75 Å². The number of aromatic hydroxyl groups is 1. The van der Waals surface area contributed by atoms with Crippen LogP contribution in [0.3, 0.4) is 0 Å². The molecule has 1 saturated heterocycles. The summed E-state index contributed by atoms with van der Waals surface area (Å²) in [4.78, 5) is 14.9. The van der Waals surface area contributed by atoms with Gasteiger partial charge in [-0.25, -0.2) is 8.42 Å². The average molecular weight is 774 g/mol. The van der Waals surface area contributed by atoms with Gasteiger partial charge >= 0.3 is 59.1 Å². The molecule has 2 heterocycles. The van der Waals surface area contributed by atoms with E-state index >= 15 is 0 Å². The molecule has 1 fully saturated rings. The summed E-state index contributed by atoms with van der Waals surface area (Å²) in [6.07, 6.45) is 0. The summed E-state index contributed by atoms with van der Waals surface area (Å²) >= 11 is 6.86. The SMILES string of the molecule is O=S(=O)(CCOSOO[O-])c1ccc(N=Nc2c(SOO[O-])cc3cc(Nc4nc(Cl)nc(N5CCOCC5)n4)ccc3c2O)cc1.[Na+].[Na+]. The van der Waals surface area contributed by atoms with Crippen molar-refractivity contribution in [2.75, 3.05) is 48.9 Å². The van der Waals surface area contributed by atoms with Gasteiger partial charge in [-0.15, -0.1) is 9.45 Å².